The standard InChI is InChI=1S/C8H14O/c9-8-4-6-1-2-7(3-6)5-8/h6-9H,1-5H2/t6-,7-/m1/s1. The van der Waals surface area contributed by atoms with Gasteiger partial charge in [-0.25, -0.2) is 0 Å². The van der Waals surface area contributed by atoms with Gasteiger partial charge >= 0.3 is 0 Å². The van der Waals surface area contributed by atoms with E-state index in [1.54, 1.807) is 0 Å². The van der Waals surface area contributed by atoms with Crippen molar-refractivity contribution in [1.82, 2.24) is 0 Å². The molecule has 0 saturated heterocycles. The molecule has 0 unspecified atom stereocenters. The van der Waals surface area contributed by atoms with Gasteiger partial charge in [0.05, 0.1) is 6.10 Å². The van der Waals surface area contributed by atoms with Crippen LogP contribution in [0.1, 0.15) is 32.1 Å². The van der Waals surface area contributed by atoms with Gasteiger partial charge in [-0.1, -0.05) is 12.8 Å². The molecule has 2 aliphatic carbocycles. The highest BCUT2D eigenvalue weighted by Crippen LogP contribution is 2.41. The van der Waals surface area contributed by atoms with Gasteiger partial charge in [0, 0.05) is 0 Å². The van der Waals surface area contributed by atoms with Crippen LogP contribution in [-0.2, 0) is 0 Å². The lowest BCUT2D eigenvalue weighted by molar-refractivity contribution is 0.0965. The van der Waals surface area contributed by atoms with Crippen molar-refractivity contribution in [2.45, 2.75) is 38.2 Å². The summed E-state index contributed by atoms with van der Waals surface area (Å²) in [5, 5.41) is 9.29. The molecule has 0 amide bonds. The van der Waals surface area contributed by atoms with Gasteiger partial charge in [-0.3, -0.25) is 0 Å². The summed E-state index contributed by atoms with van der Waals surface area (Å²) in [7, 11) is 0. The van der Waals surface area contributed by atoms with Gasteiger partial charge in [-0.05, 0) is 31.1 Å². The van der Waals surface area contributed by atoms with Crippen LogP contribution < -0.4 is 0 Å². The Hall–Kier alpha value is -0.0400. The topological polar surface area (TPSA) is 20.2 Å². The Balaban J connectivity index is 2.03. The lowest BCUT2D eigenvalue weighted by atomic mass is 9.87. The lowest BCUT2D eigenvalue weighted by Crippen LogP contribution is -2.19. The monoisotopic (exact) mass is 126 g/mol. The van der Waals surface area contributed by atoms with E-state index >= 15 is 0 Å². The molecule has 2 rings (SSSR count). The molecule has 1 heteroatoms. The Kier molecular flexibility index (Phi) is 1.26. The Morgan fingerprint density at radius 3 is 2.00 bits per heavy atom. The molecular formula is C8H14O. The summed E-state index contributed by atoms with van der Waals surface area (Å²) in [6, 6.07) is 0. The first kappa shape index (κ1) is 5.72. The quantitative estimate of drug-likeness (QED) is 0.522. The van der Waals surface area contributed by atoms with Gasteiger partial charge in [0.2, 0.25) is 0 Å². The van der Waals surface area contributed by atoms with Gasteiger partial charge in [0.25, 0.3) is 0 Å². The second-order valence-electron chi connectivity index (χ2n) is 3.67. The van der Waals surface area contributed by atoms with Crippen LogP contribution in [0.4, 0.5) is 0 Å². The number of fused-ring (bicyclic) bond motifs is 2. The summed E-state index contributed by atoms with van der Waals surface area (Å²) in [6.45, 7) is 0. The Morgan fingerprint density at radius 1 is 0.889 bits per heavy atom. The summed E-state index contributed by atoms with van der Waals surface area (Å²) in [5.41, 5.74) is 0. The Labute approximate surface area is 56.1 Å². The van der Waals surface area contributed by atoms with Crippen molar-refractivity contribution in [2.24, 2.45) is 11.8 Å². The molecule has 2 fully saturated rings. The molecule has 0 aromatic heterocycles. The van der Waals surface area contributed by atoms with Crippen LogP contribution in [0.3, 0.4) is 0 Å². The van der Waals surface area contributed by atoms with Gasteiger partial charge in [0.1, 0.15) is 0 Å². The van der Waals surface area contributed by atoms with Crippen LogP contribution >= 0.6 is 0 Å². The molecule has 0 aromatic rings. The molecule has 0 heterocycles. The molecule has 2 saturated carbocycles. The molecule has 0 radical (unpaired) electrons. The average molecular weight is 126 g/mol. The highest BCUT2D eigenvalue weighted by molar-refractivity contribution is 4.84. The van der Waals surface area contributed by atoms with Gasteiger partial charge in [0.15, 0.2) is 0 Å². The first-order chi connectivity index (χ1) is 4.34. The minimum atomic E-state index is 0.0521. The molecule has 0 aromatic carbocycles. The first-order valence-electron chi connectivity index (χ1n) is 4.02. The SMILES string of the molecule is OC1C[C@@H]2CC[C@@H](C1)C2. The highest BCUT2D eigenvalue weighted by atomic mass is 16.3. The van der Waals surface area contributed by atoms with Gasteiger partial charge in [-0.15, -0.1) is 0 Å². The van der Waals surface area contributed by atoms with Crippen LogP contribution in [0, 0.1) is 11.8 Å². The van der Waals surface area contributed by atoms with Gasteiger partial charge < -0.3 is 5.11 Å². The molecule has 2 aliphatic rings. The third kappa shape index (κ3) is 0.983. The molecule has 1 nitrogen and oxygen atoms in total. The van der Waals surface area contributed by atoms with Crippen molar-refractivity contribution in [3.63, 3.8) is 0 Å². The van der Waals surface area contributed by atoms with Crippen molar-refractivity contribution in [3.05, 3.63) is 0 Å². The maximum atomic E-state index is 9.29. The van der Waals surface area contributed by atoms with Crippen LogP contribution in [0.5, 0.6) is 0 Å². The largest absolute Gasteiger partial charge is 0.393 e. The predicted molar refractivity (Wildman–Crippen MR) is 36.1 cm³/mol. The van der Waals surface area contributed by atoms with Crippen molar-refractivity contribution in [2.75, 3.05) is 0 Å². The summed E-state index contributed by atoms with van der Waals surface area (Å²) >= 11 is 0. The summed E-state index contributed by atoms with van der Waals surface area (Å²) < 4.78 is 0. The molecular weight excluding hydrogens is 112 g/mol. The number of rotatable bonds is 0. The molecule has 2 bridgehead atoms. The van der Waals surface area contributed by atoms with Crippen molar-refractivity contribution in [3.8, 4) is 0 Å². The maximum absolute atomic E-state index is 9.29. The van der Waals surface area contributed by atoms with E-state index in [1.165, 1.54) is 19.3 Å². The molecule has 0 aliphatic heterocycles. The third-order valence-electron chi connectivity index (χ3n) is 2.86. The van der Waals surface area contributed by atoms with Crippen LogP contribution in [0.2, 0.25) is 0 Å². The van der Waals surface area contributed by atoms with E-state index in [0.29, 0.717) is 0 Å². The zero-order valence-corrected chi connectivity index (χ0v) is 5.71. The predicted octanol–water partition coefficient (Wildman–Crippen LogP) is 1.56. The second kappa shape index (κ2) is 1.98. The number of aliphatic hydroxyl groups excluding tert-OH is 1. The minimum Gasteiger partial charge on any atom is -0.393 e. The van der Waals surface area contributed by atoms with E-state index in [-0.39, 0.29) is 6.10 Å². The summed E-state index contributed by atoms with van der Waals surface area (Å²) in [5.74, 6) is 1.78. The normalized spacial score (nSPS) is 49.7. The second-order valence-corrected chi connectivity index (χ2v) is 3.67. The van der Waals surface area contributed by atoms with Crippen LogP contribution in [-0.4, -0.2) is 11.2 Å². The molecule has 52 valence electrons. The van der Waals surface area contributed by atoms with E-state index in [0.717, 1.165) is 24.7 Å². The summed E-state index contributed by atoms with van der Waals surface area (Å²) in [6.07, 6.45) is 6.43. The maximum Gasteiger partial charge on any atom is 0.0545 e. The molecule has 0 spiro atoms. The van der Waals surface area contributed by atoms with Crippen molar-refractivity contribution in [1.29, 1.82) is 0 Å². The number of hydrogen-bond acceptors (Lipinski definition) is 1. The van der Waals surface area contributed by atoms with E-state index in [2.05, 4.69) is 0 Å². The van der Waals surface area contributed by atoms with E-state index in [1.807, 2.05) is 0 Å². The van der Waals surface area contributed by atoms with Crippen LogP contribution in [0.25, 0.3) is 0 Å². The lowest BCUT2D eigenvalue weighted by Gasteiger charge is -2.22. The van der Waals surface area contributed by atoms with Gasteiger partial charge in [-0.2, -0.15) is 0 Å². The average Bonchev–Trinajstić information content (AvgIpc) is 2.11. The fraction of sp³-hybridized carbons (Fsp3) is 1.00. The number of hydrogen-bond donors (Lipinski definition) is 1. The molecule has 2 atom stereocenters. The fourth-order valence-electron chi connectivity index (χ4n) is 2.47. The number of aliphatic hydroxyl groups is 1. The zero-order valence-electron chi connectivity index (χ0n) is 5.71. The Bertz CT molecular complexity index is 99.1. The van der Waals surface area contributed by atoms with Crippen molar-refractivity contribution >= 4 is 0 Å². The minimum absolute atomic E-state index is 0.0521. The molecule has 1 N–H and O–H groups in total. The molecule has 9 heavy (non-hydrogen) atoms. The highest BCUT2D eigenvalue weighted by Gasteiger charge is 2.32. The van der Waals surface area contributed by atoms with E-state index in [4.69, 9.17) is 0 Å². The Morgan fingerprint density at radius 2 is 1.44 bits per heavy atom. The van der Waals surface area contributed by atoms with E-state index in [9.17, 15) is 5.11 Å². The smallest absolute Gasteiger partial charge is 0.0545 e. The first-order valence-corrected chi connectivity index (χ1v) is 4.02. The van der Waals surface area contributed by atoms with E-state index < -0.39 is 0 Å². The fourth-order valence-corrected chi connectivity index (χ4v) is 2.47. The summed E-state index contributed by atoms with van der Waals surface area (Å²) in [4.78, 5) is 0. The van der Waals surface area contributed by atoms with Crippen molar-refractivity contribution < 1.29 is 5.11 Å². The zero-order chi connectivity index (χ0) is 6.27. The third-order valence-corrected chi connectivity index (χ3v) is 2.86. The van der Waals surface area contributed by atoms with Crippen LogP contribution in [0.15, 0.2) is 0 Å².